The van der Waals surface area contributed by atoms with Crippen molar-refractivity contribution < 1.29 is 14.3 Å². The van der Waals surface area contributed by atoms with Gasteiger partial charge in [0.25, 0.3) is 0 Å². The summed E-state index contributed by atoms with van der Waals surface area (Å²) in [6.45, 7) is 4.89. The standard InChI is InChI=1S/C22H22N4O3/c1-13-7-20(22(5-4-6-22)29-15(3)28)24-12-18(13)19-8-16-11-25-21(26-14(2)27)9-17(16)10-23-19/h7-12H,4-6H2,1-3H3,(H,25,26,27). The van der Waals surface area contributed by atoms with Crippen molar-refractivity contribution in [3.05, 3.63) is 48.0 Å². The van der Waals surface area contributed by atoms with Crippen LogP contribution in [0.3, 0.4) is 0 Å². The van der Waals surface area contributed by atoms with E-state index in [9.17, 15) is 9.59 Å². The van der Waals surface area contributed by atoms with Gasteiger partial charge in [-0.25, -0.2) is 4.98 Å². The van der Waals surface area contributed by atoms with Crippen molar-refractivity contribution >= 4 is 28.5 Å². The number of aromatic nitrogens is 3. The molecule has 1 amide bonds. The fraction of sp³-hybridized carbons (Fsp3) is 0.318. The van der Waals surface area contributed by atoms with E-state index < -0.39 is 5.60 Å². The SMILES string of the molecule is CC(=O)Nc1cc2cnc(-c3cnc(C4(OC(C)=O)CCC4)cc3C)cc2cn1. The minimum Gasteiger partial charge on any atom is -0.453 e. The first-order valence-corrected chi connectivity index (χ1v) is 9.57. The lowest BCUT2D eigenvalue weighted by molar-refractivity contribution is -0.169. The lowest BCUT2D eigenvalue weighted by atomic mass is 9.76. The fourth-order valence-electron chi connectivity index (χ4n) is 3.69. The summed E-state index contributed by atoms with van der Waals surface area (Å²) >= 11 is 0. The third-order valence-corrected chi connectivity index (χ3v) is 5.26. The molecule has 1 fully saturated rings. The molecular formula is C22H22N4O3. The second kappa shape index (κ2) is 7.24. The molecule has 7 nitrogen and oxygen atoms in total. The van der Waals surface area contributed by atoms with Gasteiger partial charge in [0.1, 0.15) is 5.82 Å². The van der Waals surface area contributed by atoms with Gasteiger partial charge in [0, 0.05) is 48.8 Å². The Bertz CT molecular complexity index is 1120. The maximum absolute atomic E-state index is 11.5. The summed E-state index contributed by atoms with van der Waals surface area (Å²) in [5.74, 6) is 0.0507. The lowest BCUT2D eigenvalue weighted by Gasteiger charge is -2.40. The van der Waals surface area contributed by atoms with E-state index in [0.717, 1.165) is 52.5 Å². The molecule has 1 aliphatic carbocycles. The molecule has 1 aliphatic rings. The number of esters is 1. The molecule has 0 radical (unpaired) electrons. The Balaban J connectivity index is 1.67. The highest BCUT2D eigenvalue weighted by Crippen LogP contribution is 2.44. The van der Waals surface area contributed by atoms with Gasteiger partial charge in [0.2, 0.25) is 5.91 Å². The highest BCUT2D eigenvalue weighted by molar-refractivity contribution is 5.92. The number of hydrogen-bond donors (Lipinski definition) is 1. The molecule has 1 saturated carbocycles. The highest BCUT2D eigenvalue weighted by atomic mass is 16.6. The molecule has 3 aromatic heterocycles. The van der Waals surface area contributed by atoms with E-state index in [-0.39, 0.29) is 11.9 Å². The lowest BCUT2D eigenvalue weighted by Crippen LogP contribution is -2.39. The topological polar surface area (TPSA) is 94.1 Å². The number of anilines is 1. The molecule has 4 rings (SSSR count). The Kier molecular flexibility index (Phi) is 4.74. The first kappa shape index (κ1) is 19.0. The summed E-state index contributed by atoms with van der Waals surface area (Å²) in [7, 11) is 0. The normalized spacial score (nSPS) is 14.9. The van der Waals surface area contributed by atoms with E-state index in [4.69, 9.17) is 4.74 Å². The summed E-state index contributed by atoms with van der Waals surface area (Å²) in [6, 6.07) is 5.73. The number of carbonyl (C=O) groups is 2. The van der Waals surface area contributed by atoms with E-state index >= 15 is 0 Å². The predicted octanol–water partition coefficient (Wildman–Crippen LogP) is 3.90. The van der Waals surface area contributed by atoms with Crippen molar-refractivity contribution in [2.75, 3.05) is 5.32 Å². The first-order valence-electron chi connectivity index (χ1n) is 9.57. The van der Waals surface area contributed by atoms with Crippen molar-refractivity contribution in [3.8, 4) is 11.3 Å². The average Bonchev–Trinajstić information content (AvgIpc) is 2.63. The maximum Gasteiger partial charge on any atom is 0.303 e. The summed E-state index contributed by atoms with van der Waals surface area (Å²) < 4.78 is 5.60. The molecule has 0 bridgehead atoms. The predicted molar refractivity (Wildman–Crippen MR) is 109 cm³/mol. The number of aryl methyl sites for hydroxylation is 1. The largest absolute Gasteiger partial charge is 0.453 e. The van der Waals surface area contributed by atoms with E-state index in [0.29, 0.717) is 5.82 Å². The van der Waals surface area contributed by atoms with Crippen LogP contribution in [0.15, 0.2) is 36.8 Å². The number of rotatable bonds is 4. The number of ether oxygens (including phenoxy) is 1. The van der Waals surface area contributed by atoms with Crippen LogP contribution in [-0.2, 0) is 19.9 Å². The number of nitrogens with zero attached hydrogens (tertiary/aromatic N) is 3. The molecule has 0 unspecified atom stereocenters. The number of pyridine rings is 3. The Labute approximate surface area is 168 Å². The molecule has 0 spiro atoms. The summed E-state index contributed by atoms with van der Waals surface area (Å²) in [5, 5.41) is 4.48. The molecule has 1 N–H and O–H groups in total. The number of carbonyl (C=O) groups excluding carboxylic acids is 2. The van der Waals surface area contributed by atoms with E-state index in [1.165, 1.54) is 13.8 Å². The first-order chi connectivity index (χ1) is 13.9. The van der Waals surface area contributed by atoms with Gasteiger partial charge >= 0.3 is 5.97 Å². The van der Waals surface area contributed by atoms with Crippen LogP contribution in [0.4, 0.5) is 5.82 Å². The Morgan fingerprint density at radius 1 is 1.00 bits per heavy atom. The Morgan fingerprint density at radius 2 is 1.72 bits per heavy atom. The van der Waals surface area contributed by atoms with Gasteiger partial charge < -0.3 is 10.1 Å². The zero-order chi connectivity index (χ0) is 20.6. The van der Waals surface area contributed by atoms with Crippen LogP contribution >= 0.6 is 0 Å². The van der Waals surface area contributed by atoms with E-state index in [2.05, 4.69) is 20.3 Å². The number of hydrogen-bond acceptors (Lipinski definition) is 6. The molecule has 3 heterocycles. The van der Waals surface area contributed by atoms with Gasteiger partial charge in [-0.3, -0.25) is 19.6 Å². The summed E-state index contributed by atoms with van der Waals surface area (Å²) in [6.07, 6.45) is 7.89. The minimum absolute atomic E-state index is 0.166. The maximum atomic E-state index is 11.5. The van der Waals surface area contributed by atoms with Gasteiger partial charge in [-0.2, -0.15) is 0 Å². The second-order valence-electron chi connectivity index (χ2n) is 7.49. The monoisotopic (exact) mass is 390 g/mol. The Morgan fingerprint density at radius 3 is 2.34 bits per heavy atom. The van der Waals surface area contributed by atoms with Gasteiger partial charge in [-0.05, 0) is 49.9 Å². The summed E-state index contributed by atoms with van der Waals surface area (Å²) in [4.78, 5) is 36.2. The molecule has 0 aromatic carbocycles. The quantitative estimate of drug-likeness (QED) is 0.679. The van der Waals surface area contributed by atoms with E-state index in [1.54, 1.807) is 24.7 Å². The van der Waals surface area contributed by atoms with Crippen LogP contribution in [0.1, 0.15) is 44.4 Å². The van der Waals surface area contributed by atoms with Crippen LogP contribution in [0.2, 0.25) is 0 Å². The van der Waals surface area contributed by atoms with Gasteiger partial charge in [0.15, 0.2) is 5.60 Å². The zero-order valence-corrected chi connectivity index (χ0v) is 16.7. The third kappa shape index (κ3) is 3.68. The molecule has 0 saturated heterocycles. The molecule has 0 atom stereocenters. The van der Waals surface area contributed by atoms with Crippen molar-refractivity contribution in [2.24, 2.45) is 0 Å². The Hall–Kier alpha value is -3.35. The van der Waals surface area contributed by atoms with Crippen LogP contribution in [0.5, 0.6) is 0 Å². The van der Waals surface area contributed by atoms with Crippen LogP contribution in [0.25, 0.3) is 22.0 Å². The van der Waals surface area contributed by atoms with Gasteiger partial charge in [0.05, 0.1) is 11.4 Å². The molecule has 148 valence electrons. The van der Waals surface area contributed by atoms with Crippen molar-refractivity contribution in [1.82, 2.24) is 15.0 Å². The van der Waals surface area contributed by atoms with Crippen molar-refractivity contribution in [3.63, 3.8) is 0 Å². The molecule has 7 heteroatoms. The fourth-order valence-corrected chi connectivity index (χ4v) is 3.69. The van der Waals surface area contributed by atoms with Crippen molar-refractivity contribution in [1.29, 1.82) is 0 Å². The number of nitrogens with one attached hydrogen (secondary N) is 1. The van der Waals surface area contributed by atoms with Crippen LogP contribution < -0.4 is 5.32 Å². The second-order valence-corrected chi connectivity index (χ2v) is 7.49. The van der Waals surface area contributed by atoms with Gasteiger partial charge in [-0.1, -0.05) is 0 Å². The van der Waals surface area contributed by atoms with Crippen LogP contribution in [-0.4, -0.2) is 26.8 Å². The molecule has 29 heavy (non-hydrogen) atoms. The zero-order valence-electron chi connectivity index (χ0n) is 16.7. The van der Waals surface area contributed by atoms with Crippen molar-refractivity contribution in [2.45, 2.75) is 45.6 Å². The molecule has 3 aromatic rings. The molecular weight excluding hydrogens is 368 g/mol. The van der Waals surface area contributed by atoms with Crippen LogP contribution in [0, 0.1) is 6.92 Å². The van der Waals surface area contributed by atoms with E-state index in [1.807, 2.05) is 19.1 Å². The summed E-state index contributed by atoms with van der Waals surface area (Å²) in [5.41, 5.74) is 2.93. The highest BCUT2D eigenvalue weighted by Gasteiger charge is 2.43. The average molecular weight is 390 g/mol. The minimum atomic E-state index is -0.587. The van der Waals surface area contributed by atoms with Gasteiger partial charge in [-0.15, -0.1) is 0 Å². The molecule has 0 aliphatic heterocycles. The third-order valence-electron chi connectivity index (χ3n) is 5.26. The number of amides is 1. The smallest absolute Gasteiger partial charge is 0.303 e. The number of fused-ring (bicyclic) bond motifs is 1.